The van der Waals surface area contributed by atoms with Crippen LogP contribution in [-0.4, -0.2) is 134 Å². The minimum atomic E-state index is -1.75. The van der Waals surface area contributed by atoms with Gasteiger partial charge in [-0.25, -0.2) is 0 Å². The summed E-state index contributed by atoms with van der Waals surface area (Å²) in [4.78, 5) is 0. The van der Waals surface area contributed by atoms with E-state index in [1.165, 1.54) is 57.8 Å². The Morgan fingerprint density at radius 2 is 1.23 bits per heavy atom. The van der Waals surface area contributed by atoms with Crippen LogP contribution in [0.5, 0.6) is 0 Å². The number of unbranched alkanes of at least 4 members (excludes halogenated alkanes) is 11. The van der Waals surface area contributed by atoms with Crippen LogP contribution in [0.2, 0.25) is 0 Å². The number of hydrogen-bond acceptors (Lipinski definition) is 13. The molecule has 0 amide bonds. The molecule has 10 N–H and O–H groups in total. The predicted octanol–water partition coefficient (Wildman–Crippen LogP) is -0.427. The quantitative estimate of drug-likeness (QED) is 0.0585. The molecule has 0 spiro atoms. The zero-order valence-electron chi connectivity index (χ0n) is 25.5. The van der Waals surface area contributed by atoms with E-state index >= 15 is 0 Å². The van der Waals surface area contributed by atoms with E-state index in [2.05, 4.69) is 6.92 Å². The van der Waals surface area contributed by atoms with Gasteiger partial charge in [0.25, 0.3) is 0 Å². The lowest BCUT2D eigenvalue weighted by Gasteiger charge is -2.46. The van der Waals surface area contributed by atoms with Crippen molar-refractivity contribution < 1.29 is 59.8 Å². The van der Waals surface area contributed by atoms with Crippen molar-refractivity contribution in [2.24, 2.45) is 5.73 Å². The highest BCUT2D eigenvalue weighted by Crippen LogP contribution is 2.29. The SMILES string of the molecule is CCCCCCCCCCCCC/C=C/[C@@H](O)[C@@H](N)CO[C@@H]1OC(CO)[C@@H](O[C@@H]2OC(CO)[C@H](O)[C@H](O)C2O)[C@H](O)C1O. The van der Waals surface area contributed by atoms with Gasteiger partial charge in [-0.15, -0.1) is 0 Å². The van der Waals surface area contributed by atoms with Gasteiger partial charge in [0.05, 0.1) is 32.0 Å². The van der Waals surface area contributed by atoms with Gasteiger partial charge >= 0.3 is 0 Å². The molecule has 2 saturated heterocycles. The number of rotatable bonds is 21. The largest absolute Gasteiger partial charge is 0.394 e. The van der Waals surface area contributed by atoms with Gasteiger partial charge < -0.3 is 65.5 Å². The maximum atomic E-state index is 10.7. The molecule has 13 nitrogen and oxygen atoms in total. The molecule has 12 atom stereocenters. The lowest BCUT2D eigenvalue weighted by Crippen LogP contribution is -2.64. The minimum absolute atomic E-state index is 0.227. The number of nitrogens with two attached hydrogens (primary N) is 1. The summed E-state index contributed by atoms with van der Waals surface area (Å²) in [5, 5.41) is 81.0. The molecule has 0 aromatic carbocycles. The second-order valence-corrected chi connectivity index (χ2v) is 11.7. The van der Waals surface area contributed by atoms with Crippen LogP contribution in [0.1, 0.15) is 84.0 Å². The highest BCUT2D eigenvalue weighted by molar-refractivity contribution is 4.96. The maximum Gasteiger partial charge on any atom is 0.187 e. The van der Waals surface area contributed by atoms with E-state index < -0.39 is 86.8 Å². The summed E-state index contributed by atoms with van der Waals surface area (Å²) < 4.78 is 21.9. The van der Waals surface area contributed by atoms with Crippen LogP contribution in [0.15, 0.2) is 12.2 Å². The molecule has 0 bridgehead atoms. The monoisotopic (exact) mass is 623 g/mol. The Balaban J connectivity index is 1.70. The van der Waals surface area contributed by atoms with Crippen LogP contribution in [0, 0.1) is 0 Å². The molecule has 254 valence electrons. The number of allylic oxidation sites excluding steroid dienone is 1. The topological polar surface area (TPSA) is 225 Å². The Hall–Kier alpha value is -0.780. The Morgan fingerprint density at radius 1 is 0.698 bits per heavy atom. The molecule has 2 aliphatic heterocycles. The Labute approximate surface area is 255 Å². The van der Waals surface area contributed by atoms with Crippen molar-refractivity contribution in [2.75, 3.05) is 19.8 Å². The first-order chi connectivity index (χ1) is 20.7. The van der Waals surface area contributed by atoms with Crippen molar-refractivity contribution in [2.45, 2.75) is 158 Å². The zero-order chi connectivity index (χ0) is 31.8. The summed E-state index contributed by atoms with van der Waals surface area (Å²) in [5.74, 6) is 0. The molecular weight excluding hydrogens is 566 g/mol. The number of hydrogen-bond donors (Lipinski definition) is 9. The van der Waals surface area contributed by atoms with Gasteiger partial charge in [0, 0.05) is 0 Å². The standard InChI is InChI=1S/C30H57NO12/c1-2-3-4-5-6-7-8-9-10-11-12-13-14-15-20(34)19(31)18-40-29-27(39)25(37)28(22(17-33)42-29)43-30-26(38)24(36)23(35)21(16-32)41-30/h14-15,19-30,32-39H,2-13,16-18,31H2,1H3/b15-14+/t19-,20+,21?,22?,23-,24-,25+,26?,27?,28+,29+,30-/m0/s1. The molecule has 2 fully saturated rings. The van der Waals surface area contributed by atoms with E-state index in [1.54, 1.807) is 6.08 Å². The van der Waals surface area contributed by atoms with Crippen molar-refractivity contribution in [3.05, 3.63) is 12.2 Å². The van der Waals surface area contributed by atoms with Crippen molar-refractivity contribution in [3.63, 3.8) is 0 Å². The molecule has 2 rings (SSSR count). The highest BCUT2D eigenvalue weighted by atomic mass is 16.7. The molecule has 0 saturated carbocycles. The van der Waals surface area contributed by atoms with E-state index in [0.717, 1.165) is 19.3 Å². The number of aliphatic hydroxyl groups is 8. The van der Waals surface area contributed by atoms with Crippen LogP contribution < -0.4 is 5.73 Å². The zero-order valence-corrected chi connectivity index (χ0v) is 25.5. The van der Waals surface area contributed by atoms with Gasteiger partial charge in [0.15, 0.2) is 12.6 Å². The third-order valence-electron chi connectivity index (χ3n) is 8.16. The predicted molar refractivity (Wildman–Crippen MR) is 157 cm³/mol. The smallest absolute Gasteiger partial charge is 0.187 e. The van der Waals surface area contributed by atoms with Gasteiger partial charge in [-0.2, -0.15) is 0 Å². The van der Waals surface area contributed by atoms with Gasteiger partial charge in [0.1, 0.15) is 48.8 Å². The first-order valence-corrected chi connectivity index (χ1v) is 16.0. The summed E-state index contributed by atoms with van der Waals surface area (Å²) in [5.41, 5.74) is 6.04. The van der Waals surface area contributed by atoms with Crippen molar-refractivity contribution in [3.8, 4) is 0 Å². The molecule has 2 aliphatic rings. The second-order valence-electron chi connectivity index (χ2n) is 11.7. The number of aliphatic hydroxyl groups excluding tert-OH is 8. The van der Waals surface area contributed by atoms with Gasteiger partial charge in [-0.3, -0.25) is 0 Å². The van der Waals surface area contributed by atoms with Crippen molar-refractivity contribution in [1.29, 1.82) is 0 Å². The number of ether oxygens (including phenoxy) is 4. The average molecular weight is 624 g/mol. The summed E-state index contributed by atoms with van der Waals surface area (Å²) in [6.07, 6.45) is 1.80. The molecule has 43 heavy (non-hydrogen) atoms. The third-order valence-corrected chi connectivity index (χ3v) is 8.16. The fourth-order valence-electron chi connectivity index (χ4n) is 5.30. The average Bonchev–Trinajstić information content (AvgIpc) is 3.01. The van der Waals surface area contributed by atoms with Crippen LogP contribution in [0.4, 0.5) is 0 Å². The van der Waals surface area contributed by atoms with Crippen LogP contribution in [0.3, 0.4) is 0 Å². The van der Waals surface area contributed by atoms with Gasteiger partial charge in [-0.05, 0) is 12.8 Å². The Bertz CT molecular complexity index is 744. The molecular formula is C30H57NO12. The fraction of sp³-hybridized carbons (Fsp3) is 0.933. The van der Waals surface area contributed by atoms with Crippen LogP contribution >= 0.6 is 0 Å². The Kier molecular flexibility index (Phi) is 18.8. The lowest BCUT2D eigenvalue weighted by molar-refractivity contribution is -0.359. The highest BCUT2D eigenvalue weighted by Gasteiger charge is 2.50. The van der Waals surface area contributed by atoms with Crippen LogP contribution in [-0.2, 0) is 18.9 Å². The first kappa shape index (κ1) is 38.4. The van der Waals surface area contributed by atoms with Crippen molar-refractivity contribution in [1.82, 2.24) is 0 Å². The molecule has 0 aromatic heterocycles. The van der Waals surface area contributed by atoms with Crippen molar-refractivity contribution >= 4 is 0 Å². The fourth-order valence-corrected chi connectivity index (χ4v) is 5.30. The Morgan fingerprint density at radius 3 is 1.81 bits per heavy atom. The second kappa shape index (κ2) is 21.1. The lowest BCUT2D eigenvalue weighted by atomic mass is 9.97. The van der Waals surface area contributed by atoms with E-state index in [4.69, 9.17) is 24.7 Å². The molecule has 2 heterocycles. The van der Waals surface area contributed by atoms with E-state index in [1.807, 2.05) is 6.08 Å². The van der Waals surface area contributed by atoms with E-state index in [9.17, 15) is 40.9 Å². The normalized spacial score (nSPS) is 34.9. The first-order valence-electron chi connectivity index (χ1n) is 16.0. The third kappa shape index (κ3) is 12.5. The molecule has 13 heteroatoms. The summed E-state index contributed by atoms with van der Waals surface area (Å²) in [6.45, 7) is 0.641. The van der Waals surface area contributed by atoms with Crippen LogP contribution in [0.25, 0.3) is 0 Å². The minimum Gasteiger partial charge on any atom is -0.394 e. The molecule has 0 aromatic rings. The maximum absolute atomic E-state index is 10.7. The summed E-state index contributed by atoms with van der Waals surface area (Å²) in [7, 11) is 0. The van der Waals surface area contributed by atoms with E-state index in [0.29, 0.717) is 0 Å². The summed E-state index contributed by atoms with van der Waals surface area (Å²) in [6, 6.07) is -0.850. The molecule has 0 aliphatic carbocycles. The van der Waals surface area contributed by atoms with E-state index in [-0.39, 0.29) is 6.61 Å². The van der Waals surface area contributed by atoms with Gasteiger partial charge in [-0.1, -0.05) is 83.3 Å². The molecule has 4 unspecified atom stereocenters. The van der Waals surface area contributed by atoms with Gasteiger partial charge in [0.2, 0.25) is 0 Å². The molecule has 0 radical (unpaired) electrons. The summed E-state index contributed by atoms with van der Waals surface area (Å²) >= 11 is 0.